The standard InChI is InChI=1S/C16H15N3O2/c17-9-15-18-13-7-3-4-8-14(13)19(15)10-11-5-1-2-6-12(11)16(20)21/h1-8H,9-10,17H2,(H,20,21). The summed E-state index contributed by atoms with van der Waals surface area (Å²) in [6.07, 6.45) is 0. The molecule has 0 fully saturated rings. The van der Waals surface area contributed by atoms with Gasteiger partial charge >= 0.3 is 5.97 Å². The van der Waals surface area contributed by atoms with Crippen molar-refractivity contribution in [1.82, 2.24) is 9.55 Å². The third kappa shape index (κ3) is 2.39. The van der Waals surface area contributed by atoms with Crippen LogP contribution in [0.1, 0.15) is 21.7 Å². The molecular formula is C16H15N3O2. The second kappa shape index (κ2) is 5.38. The number of hydrogen-bond acceptors (Lipinski definition) is 3. The fourth-order valence-corrected chi connectivity index (χ4v) is 2.49. The number of benzene rings is 2. The van der Waals surface area contributed by atoms with Crippen LogP contribution in [0.3, 0.4) is 0 Å². The summed E-state index contributed by atoms with van der Waals surface area (Å²) in [6.45, 7) is 0.749. The molecule has 2 aromatic carbocycles. The molecule has 3 rings (SSSR count). The van der Waals surface area contributed by atoms with Gasteiger partial charge in [0.15, 0.2) is 0 Å². The number of nitrogens with two attached hydrogens (primary N) is 1. The fourth-order valence-electron chi connectivity index (χ4n) is 2.49. The predicted octanol–water partition coefficient (Wildman–Crippen LogP) is 2.24. The Bertz CT molecular complexity index is 808. The summed E-state index contributed by atoms with van der Waals surface area (Å²) in [4.78, 5) is 15.8. The van der Waals surface area contributed by atoms with Gasteiger partial charge in [0.1, 0.15) is 5.82 Å². The molecule has 5 nitrogen and oxygen atoms in total. The Morgan fingerprint density at radius 2 is 1.86 bits per heavy atom. The van der Waals surface area contributed by atoms with Crippen LogP contribution in [0, 0.1) is 0 Å². The highest BCUT2D eigenvalue weighted by molar-refractivity contribution is 5.89. The molecule has 0 aliphatic heterocycles. The minimum absolute atomic E-state index is 0.304. The molecule has 0 unspecified atom stereocenters. The first-order valence-corrected chi connectivity index (χ1v) is 6.66. The molecule has 0 amide bonds. The van der Waals surface area contributed by atoms with Crippen LogP contribution >= 0.6 is 0 Å². The van der Waals surface area contributed by atoms with Crippen molar-refractivity contribution < 1.29 is 9.90 Å². The van der Waals surface area contributed by atoms with Gasteiger partial charge in [0.25, 0.3) is 0 Å². The van der Waals surface area contributed by atoms with E-state index in [4.69, 9.17) is 5.73 Å². The summed E-state index contributed by atoms with van der Waals surface area (Å²) >= 11 is 0. The molecule has 0 spiro atoms. The lowest BCUT2D eigenvalue weighted by molar-refractivity contribution is 0.0695. The number of rotatable bonds is 4. The average molecular weight is 281 g/mol. The van der Waals surface area contributed by atoms with Crippen molar-refractivity contribution in [3.63, 3.8) is 0 Å². The first-order valence-electron chi connectivity index (χ1n) is 6.66. The molecule has 3 aromatic rings. The number of carboxylic acid groups (broad SMARTS) is 1. The Hall–Kier alpha value is -2.66. The smallest absolute Gasteiger partial charge is 0.336 e. The van der Waals surface area contributed by atoms with E-state index >= 15 is 0 Å². The first kappa shape index (κ1) is 13.3. The second-order valence-corrected chi connectivity index (χ2v) is 4.77. The van der Waals surface area contributed by atoms with Crippen LogP contribution in [0.25, 0.3) is 11.0 Å². The minimum Gasteiger partial charge on any atom is -0.478 e. The third-order valence-corrected chi connectivity index (χ3v) is 3.49. The summed E-state index contributed by atoms with van der Waals surface area (Å²) in [5.74, 6) is -0.180. The van der Waals surface area contributed by atoms with Crippen LogP contribution < -0.4 is 5.73 Å². The Morgan fingerprint density at radius 1 is 1.14 bits per heavy atom. The molecule has 3 N–H and O–H groups in total. The lowest BCUT2D eigenvalue weighted by Crippen LogP contribution is -2.12. The average Bonchev–Trinajstić information content (AvgIpc) is 2.86. The molecule has 0 atom stereocenters. The molecule has 21 heavy (non-hydrogen) atoms. The zero-order valence-corrected chi connectivity index (χ0v) is 11.4. The Balaban J connectivity index is 2.12. The zero-order valence-electron chi connectivity index (χ0n) is 11.4. The minimum atomic E-state index is -0.927. The molecule has 0 aliphatic rings. The molecule has 5 heteroatoms. The van der Waals surface area contributed by atoms with Crippen molar-refractivity contribution >= 4 is 17.0 Å². The van der Waals surface area contributed by atoms with E-state index in [0.29, 0.717) is 18.7 Å². The van der Waals surface area contributed by atoms with E-state index in [-0.39, 0.29) is 0 Å². The van der Waals surface area contributed by atoms with Gasteiger partial charge in [-0.25, -0.2) is 9.78 Å². The molecule has 0 saturated carbocycles. The summed E-state index contributed by atoms with van der Waals surface area (Å²) in [5.41, 5.74) is 8.63. The molecule has 0 saturated heterocycles. The van der Waals surface area contributed by atoms with Gasteiger partial charge in [0, 0.05) is 0 Å². The molecule has 0 radical (unpaired) electrons. The Kier molecular flexibility index (Phi) is 3.41. The van der Waals surface area contributed by atoms with E-state index in [9.17, 15) is 9.90 Å². The predicted molar refractivity (Wildman–Crippen MR) is 80.1 cm³/mol. The van der Waals surface area contributed by atoms with Crippen LogP contribution in [-0.2, 0) is 13.1 Å². The maximum absolute atomic E-state index is 11.3. The molecule has 1 aromatic heterocycles. The van der Waals surface area contributed by atoms with Gasteiger partial charge < -0.3 is 15.4 Å². The number of aromatic nitrogens is 2. The van der Waals surface area contributed by atoms with Gasteiger partial charge in [-0.3, -0.25) is 0 Å². The summed E-state index contributed by atoms with van der Waals surface area (Å²) in [5, 5.41) is 9.28. The fraction of sp³-hybridized carbons (Fsp3) is 0.125. The summed E-state index contributed by atoms with van der Waals surface area (Å²) in [7, 11) is 0. The highest BCUT2D eigenvalue weighted by atomic mass is 16.4. The maximum Gasteiger partial charge on any atom is 0.336 e. The van der Waals surface area contributed by atoms with Crippen LogP contribution in [0.2, 0.25) is 0 Å². The van der Waals surface area contributed by atoms with Gasteiger partial charge in [0.2, 0.25) is 0 Å². The van der Waals surface area contributed by atoms with Crippen molar-refractivity contribution in [1.29, 1.82) is 0 Å². The van der Waals surface area contributed by atoms with Crippen molar-refractivity contribution in [2.45, 2.75) is 13.1 Å². The number of fused-ring (bicyclic) bond motifs is 1. The van der Waals surface area contributed by atoms with E-state index in [0.717, 1.165) is 22.4 Å². The molecule has 0 bridgehead atoms. The summed E-state index contributed by atoms with van der Waals surface area (Å²) in [6, 6.07) is 14.7. The monoisotopic (exact) mass is 281 g/mol. The number of hydrogen-bond donors (Lipinski definition) is 2. The van der Waals surface area contributed by atoms with Crippen LogP contribution in [0.4, 0.5) is 0 Å². The number of carbonyl (C=O) groups is 1. The lowest BCUT2D eigenvalue weighted by Gasteiger charge is -2.10. The Morgan fingerprint density at radius 3 is 2.62 bits per heavy atom. The SMILES string of the molecule is NCc1nc2ccccc2n1Cc1ccccc1C(=O)O. The maximum atomic E-state index is 11.3. The van der Waals surface area contributed by atoms with Gasteiger partial charge in [-0.15, -0.1) is 0 Å². The van der Waals surface area contributed by atoms with Crippen LogP contribution in [0.5, 0.6) is 0 Å². The van der Waals surface area contributed by atoms with Crippen molar-refractivity contribution in [2.24, 2.45) is 5.73 Å². The zero-order chi connectivity index (χ0) is 14.8. The second-order valence-electron chi connectivity index (χ2n) is 4.77. The van der Waals surface area contributed by atoms with Gasteiger partial charge in [-0.05, 0) is 23.8 Å². The Labute approximate surface area is 121 Å². The van der Waals surface area contributed by atoms with Gasteiger partial charge in [-0.1, -0.05) is 30.3 Å². The van der Waals surface area contributed by atoms with E-state index in [1.807, 2.05) is 41.0 Å². The summed E-state index contributed by atoms with van der Waals surface area (Å²) < 4.78 is 1.97. The van der Waals surface area contributed by atoms with Crippen molar-refractivity contribution in [2.75, 3.05) is 0 Å². The number of aromatic carboxylic acids is 1. The highest BCUT2D eigenvalue weighted by Gasteiger charge is 2.13. The van der Waals surface area contributed by atoms with E-state index in [1.165, 1.54) is 0 Å². The van der Waals surface area contributed by atoms with Crippen molar-refractivity contribution in [3.05, 3.63) is 65.5 Å². The molecule has 0 aliphatic carbocycles. The molecule has 1 heterocycles. The van der Waals surface area contributed by atoms with Crippen LogP contribution in [-0.4, -0.2) is 20.6 Å². The van der Waals surface area contributed by atoms with E-state index < -0.39 is 5.97 Å². The number of nitrogens with zero attached hydrogens (tertiary/aromatic N) is 2. The molecule has 106 valence electrons. The quantitative estimate of drug-likeness (QED) is 0.768. The van der Waals surface area contributed by atoms with Gasteiger partial charge in [-0.2, -0.15) is 0 Å². The highest BCUT2D eigenvalue weighted by Crippen LogP contribution is 2.19. The number of carboxylic acids is 1. The van der Waals surface area contributed by atoms with E-state index in [2.05, 4.69) is 4.98 Å². The largest absolute Gasteiger partial charge is 0.478 e. The first-order chi connectivity index (χ1) is 10.2. The normalized spacial score (nSPS) is 10.9. The van der Waals surface area contributed by atoms with Crippen LogP contribution in [0.15, 0.2) is 48.5 Å². The molecular weight excluding hydrogens is 266 g/mol. The lowest BCUT2D eigenvalue weighted by atomic mass is 10.1. The number of imidazole rings is 1. The van der Waals surface area contributed by atoms with Crippen molar-refractivity contribution in [3.8, 4) is 0 Å². The van der Waals surface area contributed by atoms with Gasteiger partial charge in [0.05, 0.1) is 29.7 Å². The number of para-hydroxylation sites is 2. The topological polar surface area (TPSA) is 81.1 Å². The van der Waals surface area contributed by atoms with E-state index in [1.54, 1.807) is 12.1 Å². The third-order valence-electron chi connectivity index (χ3n) is 3.49.